The Kier molecular flexibility index (Phi) is 7.36. The number of aromatic nitrogens is 3. The van der Waals surface area contributed by atoms with E-state index in [2.05, 4.69) is 20.3 Å². The van der Waals surface area contributed by atoms with Gasteiger partial charge in [0.05, 0.1) is 17.4 Å². The summed E-state index contributed by atoms with van der Waals surface area (Å²) in [6, 6.07) is 2.35. The molecule has 2 aromatic heterocycles. The largest absolute Gasteiger partial charge is 0.389 e. The maximum atomic E-state index is 15.2. The van der Waals surface area contributed by atoms with Crippen LogP contribution in [-0.2, 0) is 17.4 Å². The van der Waals surface area contributed by atoms with Crippen molar-refractivity contribution in [1.82, 2.24) is 14.8 Å². The van der Waals surface area contributed by atoms with E-state index in [1.54, 1.807) is 17.9 Å². The van der Waals surface area contributed by atoms with Crippen LogP contribution in [0.4, 0.5) is 25.3 Å². The zero-order chi connectivity index (χ0) is 27.0. The third-order valence-electron chi connectivity index (χ3n) is 7.21. The summed E-state index contributed by atoms with van der Waals surface area (Å²) >= 11 is 0.814. The molecule has 204 valence electrons. The van der Waals surface area contributed by atoms with Crippen molar-refractivity contribution in [2.75, 3.05) is 42.3 Å². The van der Waals surface area contributed by atoms with Gasteiger partial charge in [0.2, 0.25) is 0 Å². The highest BCUT2D eigenvalue weighted by molar-refractivity contribution is 7.19. The van der Waals surface area contributed by atoms with Gasteiger partial charge in [-0.2, -0.15) is 5.10 Å². The van der Waals surface area contributed by atoms with Crippen molar-refractivity contribution in [3.8, 4) is 10.6 Å². The molecule has 2 saturated heterocycles. The highest BCUT2D eigenvalue weighted by atomic mass is 32.1. The molecule has 2 aliphatic rings. The van der Waals surface area contributed by atoms with Crippen LogP contribution >= 0.6 is 11.3 Å². The van der Waals surface area contributed by atoms with Gasteiger partial charge in [-0.3, -0.25) is 9.48 Å². The predicted octanol–water partition coefficient (Wildman–Crippen LogP) is 2.97. The van der Waals surface area contributed by atoms with Crippen molar-refractivity contribution < 1.29 is 23.4 Å². The smallest absolute Gasteiger partial charge is 0.277 e. The maximum Gasteiger partial charge on any atom is 0.277 e. The number of nitrogens with one attached hydrogen (secondary N) is 1. The van der Waals surface area contributed by atoms with Gasteiger partial charge in [0.1, 0.15) is 27.3 Å². The van der Waals surface area contributed by atoms with Crippen LogP contribution in [0.15, 0.2) is 18.3 Å². The van der Waals surface area contributed by atoms with Gasteiger partial charge in [-0.05, 0) is 37.0 Å². The normalized spacial score (nSPS) is 19.8. The Hall–Kier alpha value is -3.13. The lowest BCUT2D eigenvalue weighted by atomic mass is 9.86. The van der Waals surface area contributed by atoms with Gasteiger partial charge in [0.15, 0.2) is 11.5 Å². The molecule has 38 heavy (non-hydrogen) atoms. The fourth-order valence-corrected chi connectivity index (χ4v) is 5.93. The minimum Gasteiger partial charge on any atom is -0.389 e. The molecular weight excluding hydrogens is 516 g/mol. The van der Waals surface area contributed by atoms with Crippen LogP contribution in [0.5, 0.6) is 0 Å². The number of benzene rings is 1. The predicted molar refractivity (Wildman–Crippen MR) is 141 cm³/mol. The Bertz CT molecular complexity index is 1320. The summed E-state index contributed by atoms with van der Waals surface area (Å²) in [4.78, 5) is 19.5. The summed E-state index contributed by atoms with van der Waals surface area (Å²) in [5.74, 6) is -1.66. The molecule has 0 spiro atoms. The van der Waals surface area contributed by atoms with Crippen LogP contribution in [0, 0.1) is 11.6 Å². The van der Waals surface area contributed by atoms with Gasteiger partial charge in [-0.25, -0.2) is 13.8 Å². The number of ether oxygens (including phenoxy) is 1. The van der Waals surface area contributed by atoms with Crippen LogP contribution in [0.2, 0.25) is 0 Å². The number of aryl methyl sites for hydroxylation is 1. The minimum atomic E-state index is -1.37. The lowest BCUT2D eigenvalue weighted by molar-refractivity contribution is -0.0682. The molecule has 1 amide bonds. The second kappa shape index (κ2) is 10.6. The van der Waals surface area contributed by atoms with Gasteiger partial charge < -0.3 is 31.5 Å². The second-order valence-electron chi connectivity index (χ2n) is 9.83. The number of anilines is 3. The van der Waals surface area contributed by atoms with E-state index < -0.39 is 28.7 Å². The van der Waals surface area contributed by atoms with Crippen LogP contribution in [0.3, 0.4) is 0 Å². The van der Waals surface area contributed by atoms with Crippen molar-refractivity contribution in [1.29, 1.82) is 0 Å². The van der Waals surface area contributed by atoms with Crippen molar-refractivity contribution >= 4 is 33.8 Å². The quantitative estimate of drug-likeness (QED) is 0.382. The zero-order valence-corrected chi connectivity index (χ0v) is 21.9. The molecule has 10 nitrogen and oxygen atoms in total. The van der Waals surface area contributed by atoms with Crippen molar-refractivity contribution in [3.05, 3.63) is 41.2 Å². The number of carbonyl (C=O) groups is 1. The Labute approximate surface area is 222 Å². The molecule has 1 aromatic carbocycles. The van der Waals surface area contributed by atoms with Crippen molar-refractivity contribution in [3.63, 3.8) is 0 Å². The molecule has 4 heterocycles. The number of amides is 1. The van der Waals surface area contributed by atoms with Gasteiger partial charge in [-0.15, -0.1) is 0 Å². The summed E-state index contributed by atoms with van der Waals surface area (Å²) < 4.78 is 37.2. The van der Waals surface area contributed by atoms with E-state index in [0.717, 1.165) is 61.6 Å². The maximum absolute atomic E-state index is 15.2. The number of nitrogen functional groups attached to an aromatic ring is 1. The third kappa shape index (κ3) is 5.10. The second-order valence-corrected chi connectivity index (χ2v) is 10.9. The Morgan fingerprint density at radius 3 is 2.66 bits per heavy atom. The summed E-state index contributed by atoms with van der Waals surface area (Å²) in [6.45, 7) is 2.10. The molecule has 5 rings (SSSR count). The number of nitrogens with zero attached hydrogens (tertiary/aromatic N) is 4. The summed E-state index contributed by atoms with van der Waals surface area (Å²) in [5.41, 5.74) is 10.9. The van der Waals surface area contributed by atoms with Crippen molar-refractivity contribution in [2.45, 2.75) is 43.7 Å². The van der Waals surface area contributed by atoms with Crippen LogP contribution in [0.1, 0.15) is 48.2 Å². The van der Waals surface area contributed by atoms with Gasteiger partial charge >= 0.3 is 0 Å². The molecule has 0 saturated carbocycles. The zero-order valence-electron chi connectivity index (χ0n) is 21.0. The monoisotopic (exact) mass is 547 g/mol. The molecule has 1 atom stereocenters. The van der Waals surface area contributed by atoms with E-state index >= 15 is 8.78 Å². The summed E-state index contributed by atoms with van der Waals surface area (Å²) in [5, 5.41) is 17.9. The molecule has 0 bridgehead atoms. The fraction of sp³-hybridized carbons (Fsp3) is 0.480. The first-order chi connectivity index (χ1) is 18.2. The van der Waals surface area contributed by atoms with E-state index in [-0.39, 0.29) is 40.1 Å². The van der Waals surface area contributed by atoms with Crippen LogP contribution < -0.4 is 21.7 Å². The lowest BCUT2D eigenvalue weighted by Crippen LogP contribution is -2.33. The highest BCUT2D eigenvalue weighted by Gasteiger charge is 2.34. The Morgan fingerprint density at radius 1 is 1.24 bits per heavy atom. The molecular formula is C25H31F2N7O3S. The first-order valence-electron chi connectivity index (χ1n) is 12.6. The molecule has 6 N–H and O–H groups in total. The number of rotatable bonds is 5. The number of aliphatic hydroxyl groups is 1. The number of hydrogen-bond donors (Lipinski definition) is 4. The topological polar surface area (TPSA) is 145 Å². The summed E-state index contributed by atoms with van der Waals surface area (Å²) in [6.07, 6.45) is 4.68. The average molecular weight is 548 g/mol. The molecule has 3 aromatic rings. The average Bonchev–Trinajstić information content (AvgIpc) is 3.35. The number of hydrogen-bond acceptors (Lipinski definition) is 9. The fourth-order valence-electron chi connectivity index (χ4n) is 5.06. The van der Waals surface area contributed by atoms with E-state index in [4.69, 9.17) is 16.2 Å². The summed E-state index contributed by atoms with van der Waals surface area (Å²) in [7, 11) is 1.79. The molecule has 0 aliphatic carbocycles. The standard InChI is InChI=1S/C25H31F2N7O3S/c1-33-24(34-7-2-3-15(28)4-8-34)18(13-30-33)31-22(35)20-21(29)38-23(32-20)19-16(26)11-14(12-17(19)27)25(36)5-9-37-10-6-25/h11-13,15,36H,2-10,28-29H2,1H3,(H,31,35)/t15-/m1/s1. The van der Waals surface area contributed by atoms with Crippen LogP contribution in [-0.4, -0.2) is 58.1 Å². The van der Waals surface area contributed by atoms with E-state index in [9.17, 15) is 9.90 Å². The van der Waals surface area contributed by atoms with E-state index in [1.807, 2.05) is 0 Å². The molecule has 2 fully saturated rings. The van der Waals surface area contributed by atoms with Gasteiger partial charge in [0, 0.05) is 52.2 Å². The SMILES string of the molecule is Cn1ncc(NC(=O)c2nc(-c3c(F)cc(C4(O)CCOCC4)cc3F)sc2N)c1N1CCC[C@@H](N)CC1. The van der Waals surface area contributed by atoms with Gasteiger partial charge in [0.25, 0.3) is 5.91 Å². The van der Waals surface area contributed by atoms with Gasteiger partial charge in [-0.1, -0.05) is 11.3 Å². The first-order valence-corrected chi connectivity index (χ1v) is 13.4. The van der Waals surface area contributed by atoms with Crippen molar-refractivity contribution in [2.24, 2.45) is 12.8 Å². The van der Waals surface area contributed by atoms with E-state index in [0.29, 0.717) is 18.9 Å². The molecule has 13 heteroatoms. The Balaban J connectivity index is 1.39. The first kappa shape index (κ1) is 26.5. The number of halogens is 2. The Morgan fingerprint density at radius 2 is 1.95 bits per heavy atom. The van der Waals surface area contributed by atoms with Crippen LogP contribution in [0.25, 0.3) is 10.6 Å². The molecule has 0 unspecified atom stereocenters. The minimum absolute atomic E-state index is 0.0228. The molecule has 0 radical (unpaired) electrons. The number of nitrogens with two attached hydrogens (primary N) is 2. The lowest BCUT2D eigenvalue weighted by Gasteiger charge is -2.32. The third-order valence-corrected chi connectivity index (χ3v) is 8.11. The highest BCUT2D eigenvalue weighted by Crippen LogP contribution is 2.39. The number of thiazole rings is 1. The van der Waals surface area contributed by atoms with E-state index in [1.165, 1.54) is 0 Å². The molecule has 2 aliphatic heterocycles. The number of carbonyl (C=O) groups excluding carboxylic acids is 1.